The lowest BCUT2D eigenvalue weighted by Crippen LogP contribution is -2.19. The van der Waals surface area contributed by atoms with Crippen LogP contribution in [0.2, 0.25) is 0 Å². The number of aromatic nitrogens is 2. The first kappa shape index (κ1) is 11.1. The third-order valence-electron chi connectivity index (χ3n) is 2.74. The van der Waals surface area contributed by atoms with E-state index < -0.39 is 15.3 Å². The van der Waals surface area contributed by atoms with E-state index in [4.69, 9.17) is 5.14 Å². The maximum absolute atomic E-state index is 11.2. The third kappa shape index (κ3) is 1.81. The maximum Gasteiger partial charge on any atom is 0.215 e. The van der Waals surface area contributed by atoms with Crippen molar-refractivity contribution in [2.24, 2.45) is 12.2 Å². The molecule has 2 aromatic rings. The molecule has 0 aliphatic heterocycles. The lowest BCUT2D eigenvalue weighted by atomic mass is 10.1. The van der Waals surface area contributed by atoms with Gasteiger partial charge in [0, 0.05) is 12.4 Å². The molecule has 0 radical (unpaired) electrons. The van der Waals surface area contributed by atoms with Crippen molar-refractivity contribution in [3.63, 3.8) is 0 Å². The molecule has 0 amide bonds. The molecule has 16 heavy (non-hydrogen) atoms. The number of primary sulfonamides is 1. The highest BCUT2D eigenvalue weighted by Gasteiger charge is 2.18. The summed E-state index contributed by atoms with van der Waals surface area (Å²) in [6.45, 7) is 1.58. The molecule has 0 saturated heterocycles. The Hall–Kier alpha value is -1.40. The summed E-state index contributed by atoms with van der Waals surface area (Å²) in [5, 5.41) is 9.49. The van der Waals surface area contributed by atoms with E-state index in [-0.39, 0.29) is 0 Å². The molecular weight excluding hydrogens is 226 g/mol. The number of hydrogen-bond acceptors (Lipinski definition) is 3. The Labute approximate surface area is 93.9 Å². The van der Waals surface area contributed by atoms with E-state index in [1.54, 1.807) is 29.9 Å². The minimum Gasteiger partial charge on any atom is -0.268 e. The van der Waals surface area contributed by atoms with Crippen LogP contribution in [0.3, 0.4) is 0 Å². The summed E-state index contributed by atoms with van der Waals surface area (Å²) in [7, 11) is -1.74. The summed E-state index contributed by atoms with van der Waals surface area (Å²) in [6, 6.07) is 5.41. The Bertz CT molecular complexity index is 631. The summed E-state index contributed by atoms with van der Waals surface area (Å²) in [4.78, 5) is 0. The largest absolute Gasteiger partial charge is 0.268 e. The van der Waals surface area contributed by atoms with Gasteiger partial charge in [0.15, 0.2) is 0 Å². The van der Waals surface area contributed by atoms with Gasteiger partial charge in [-0.2, -0.15) is 5.10 Å². The molecule has 2 rings (SSSR count). The van der Waals surface area contributed by atoms with Crippen molar-refractivity contribution >= 4 is 20.9 Å². The average Bonchev–Trinajstić information content (AvgIpc) is 2.58. The van der Waals surface area contributed by atoms with Crippen LogP contribution in [-0.2, 0) is 17.1 Å². The van der Waals surface area contributed by atoms with Crippen LogP contribution >= 0.6 is 0 Å². The zero-order valence-electron chi connectivity index (χ0n) is 9.08. The Kier molecular flexibility index (Phi) is 2.47. The van der Waals surface area contributed by atoms with E-state index >= 15 is 0 Å². The zero-order chi connectivity index (χ0) is 11.9. The van der Waals surface area contributed by atoms with Gasteiger partial charge in [-0.15, -0.1) is 0 Å². The number of fused-ring (bicyclic) bond motifs is 1. The van der Waals surface area contributed by atoms with Gasteiger partial charge in [-0.05, 0) is 18.6 Å². The fourth-order valence-corrected chi connectivity index (χ4v) is 2.13. The quantitative estimate of drug-likeness (QED) is 0.846. The monoisotopic (exact) mass is 239 g/mol. The number of aryl methyl sites for hydroxylation is 1. The van der Waals surface area contributed by atoms with Gasteiger partial charge in [0.25, 0.3) is 0 Å². The van der Waals surface area contributed by atoms with Crippen molar-refractivity contribution in [2.75, 3.05) is 0 Å². The number of benzene rings is 1. The first-order valence-electron chi connectivity index (χ1n) is 4.83. The topological polar surface area (TPSA) is 78.0 Å². The fourth-order valence-electron chi connectivity index (χ4n) is 1.60. The predicted molar refractivity (Wildman–Crippen MR) is 62.2 cm³/mol. The Morgan fingerprint density at radius 3 is 2.75 bits per heavy atom. The van der Waals surface area contributed by atoms with Crippen LogP contribution in [0.4, 0.5) is 0 Å². The summed E-state index contributed by atoms with van der Waals surface area (Å²) in [5.41, 5.74) is 1.58. The molecule has 86 valence electrons. The van der Waals surface area contributed by atoms with Crippen molar-refractivity contribution < 1.29 is 8.42 Å². The minimum atomic E-state index is -3.55. The predicted octanol–water partition coefficient (Wildman–Crippen LogP) is 0.923. The molecule has 0 aliphatic carbocycles. The first-order chi connectivity index (χ1) is 7.39. The number of rotatable bonds is 2. The Morgan fingerprint density at radius 2 is 2.12 bits per heavy atom. The van der Waals surface area contributed by atoms with E-state index in [1.807, 2.05) is 13.1 Å². The smallest absolute Gasteiger partial charge is 0.215 e. The van der Waals surface area contributed by atoms with Gasteiger partial charge in [-0.3, -0.25) is 4.68 Å². The average molecular weight is 239 g/mol. The maximum atomic E-state index is 11.2. The molecular formula is C10H13N3O2S. The van der Waals surface area contributed by atoms with Crippen molar-refractivity contribution in [1.82, 2.24) is 9.78 Å². The number of nitrogens with zero attached hydrogens (tertiary/aromatic N) is 2. The van der Waals surface area contributed by atoms with Gasteiger partial charge in [0.05, 0.1) is 17.0 Å². The summed E-state index contributed by atoms with van der Waals surface area (Å²) in [6.07, 6.45) is 1.74. The molecule has 1 heterocycles. The SMILES string of the molecule is CC(c1ccc2cnn(C)c2c1)S(N)(=O)=O. The molecule has 1 atom stereocenters. The fraction of sp³-hybridized carbons (Fsp3) is 0.300. The first-order valence-corrected chi connectivity index (χ1v) is 6.44. The lowest BCUT2D eigenvalue weighted by molar-refractivity contribution is 0.588. The van der Waals surface area contributed by atoms with Crippen LogP contribution in [0, 0.1) is 0 Å². The van der Waals surface area contributed by atoms with Gasteiger partial charge in [0.1, 0.15) is 0 Å². The molecule has 0 saturated carbocycles. The van der Waals surface area contributed by atoms with E-state index in [0.29, 0.717) is 5.56 Å². The van der Waals surface area contributed by atoms with Gasteiger partial charge < -0.3 is 0 Å². The van der Waals surface area contributed by atoms with Crippen LogP contribution < -0.4 is 5.14 Å². The normalized spacial score (nSPS) is 14.2. The van der Waals surface area contributed by atoms with E-state index in [2.05, 4.69) is 5.10 Å². The Balaban J connectivity index is 2.58. The van der Waals surface area contributed by atoms with Crippen LogP contribution in [-0.4, -0.2) is 18.2 Å². The molecule has 1 aromatic heterocycles. The summed E-state index contributed by atoms with van der Waals surface area (Å²) >= 11 is 0. The van der Waals surface area contributed by atoms with Crippen molar-refractivity contribution in [2.45, 2.75) is 12.2 Å². The van der Waals surface area contributed by atoms with Gasteiger partial charge in [-0.1, -0.05) is 12.1 Å². The van der Waals surface area contributed by atoms with Gasteiger partial charge in [0.2, 0.25) is 10.0 Å². The van der Waals surface area contributed by atoms with Crippen molar-refractivity contribution in [3.05, 3.63) is 30.0 Å². The molecule has 1 unspecified atom stereocenters. The highest BCUT2D eigenvalue weighted by atomic mass is 32.2. The standard InChI is InChI=1S/C10H13N3O2S/c1-7(16(11,14)15)8-3-4-9-6-12-13(2)10(9)5-8/h3-7H,1-2H3,(H2,11,14,15). The van der Waals surface area contributed by atoms with E-state index in [9.17, 15) is 8.42 Å². The number of sulfonamides is 1. The molecule has 2 N–H and O–H groups in total. The molecule has 0 bridgehead atoms. The summed E-state index contributed by atoms with van der Waals surface area (Å²) < 4.78 is 24.2. The highest BCUT2D eigenvalue weighted by Crippen LogP contribution is 2.23. The van der Waals surface area contributed by atoms with Crippen LogP contribution in [0.15, 0.2) is 24.4 Å². The van der Waals surface area contributed by atoms with Gasteiger partial charge >= 0.3 is 0 Å². The van der Waals surface area contributed by atoms with Gasteiger partial charge in [-0.25, -0.2) is 13.6 Å². The van der Waals surface area contributed by atoms with Crippen LogP contribution in [0.25, 0.3) is 10.9 Å². The molecule has 6 heteroatoms. The van der Waals surface area contributed by atoms with Crippen LogP contribution in [0.1, 0.15) is 17.7 Å². The number of hydrogen-bond donors (Lipinski definition) is 1. The van der Waals surface area contributed by atoms with Crippen LogP contribution in [0.5, 0.6) is 0 Å². The molecule has 0 spiro atoms. The molecule has 0 aliphatic rings. The zero-order valence-corrected chi connectivity index (χ0v) is 9.90. The van der Waals surface area contributed by atoms with Crippen molar-refractivity contribution in [1.29, 1.82) is 0 Å². The minimum absolute atomic E-state index is 0.679. The lowest BCUT2D eigenvalue weighted by Gasteiger charge is -2.09. The molecule has 1 aromatic carbocycles. The van der Waals surface area contributed by atoms with Crippen molar-refractivity contribution in [3.8, 4) is 0 Å². The van der Waals surface area contributed by atoms with E-state index in [1.165, 1.54) is 0 Å². The van der Waals surface area contributed by atoms with E-state index in [0.717, 1.165) is 10.9 Å². The summed E-state index contributed by atoms with van der Waals surface area (Å²) in [5.74, 6) is 0. The molecule has 5 nitrogen and oxygen atoms in total. The Morgan fingerprint density at radius 1 is 1.44 bits per heavy atom. The second-order valence-corrected chi connectivity index (χ2v) is 5.70. The third-order valence-corrected chi connectivity index (χ3v) is 3.99. The highest BCUT2D eigenvalue weighted by molar-refractivity contribution is 7.89. The second kappa shape index (κ2) is 3.57. The second-order valence-electron chi connectivity index (χ2n) is 3.82. The number of nitrogens with two attached hydrogens (primary N) is 1. The molecule has 0 fully saturated rings.